The van der Waals surface area contributed by atoms with Crippen LogP contribution >= 0.6 is 0 Å². The van der Waals surface area contributed by atoms with Crippen LogP contribution in [0.1, 0.15) is 11.1 Å². The lowest BCUT2D eigenvalue weighted by molar-refractivity contribution is 0.477. The van der Waals surface area contributed by atoms with Gasteiger partial charge in [-0.05, 0) is 36.4 Å². The summed E-state index contributed by atoms with van der Waals surface area (Å²) in [4.78, 5) is 4.41. The fourth-order valence-electron chi connectivity index (χ4n) is 2.86. The Balaban J connectivity index is 2.01. The molecule has 4 aromatic rings. The minimum Gasteiger partial charge on any atom is -0.507 e. The number of halogens is 1. The van der Waals surface area contributed by atoms with E-state index in [0.717, 1.165) is 5.56 Å². The summed E-state index contributed by atoms with van der Waals surface area (Å²) >= 11 is 0. The molecule has 1 aromatic heterocycles. The molecule has 1 N–H and O–H groups in total. The zero-order valence-electron chi connectivity index (χ0n) is 13.8. The first-order valence-corrected chi connectivity index (χ1v) is 8.16. The molecule has 3 aromatic carbocycles. The summed E-state index contributed by atoms with van der Waals surface area (Å²) < 4.78 is 13.9. The number of phenolic OH excluding ortho intramolecular Hbond substituents is 1. The highest BCUT2D eigenvalue weighted by Gasteiger charge is 2.12. The second-order valence-electron chi connectivity index (χ2n) is 5.84. The second-order valence-corrected chi connectivity index (χ2v) is 5.84. The van der Waals surface area contributed by atoms with E-state index in [9.17, 15) is 9.50 Å². The van der Waals surface area contributed by atoms with E-state index >= 15 is 0 Å². The van der Waals surface area contributed by atoms with Crippen molar-refractivity contribution in [2.75, 3.05) is 0 Å². The first-order chi connectivity index (χ1) is 12.7. The number of pyridine rings is 1. The topological polar surface area (TPSA) is 33.1 Å². The quantitative estimate of drug-likeness (QED) is 0.487. The third-order valence-corrected chi connectivity index (χ3v) is 4.13. The highest BCUT2D eigenvalue weighted by Crippen LogP contribution is 2.34. The molecule has 0 saturated carbocycles. The summed E-state index contributed by atoms with van der Waals surface area (Å²) in [5.74, 6) is 6.06. The third kappa shape index (κ3) is 3.01. The Morgan fingerprint density at radius 3 is 2.38 bits per heavy atom. The van der Waals surface area contributed by atoms with E-state index in [1.807, 2.05) is 36.4 Å². The van der Waals surface area contributed by atoms with Crippen molar-refractivity contribution in [3.63, 3.8) is 0 Å². The molecular weight excluding hydrogens is 325 g/mol. The van der Waals surface area contributed by atoms with Crippen molar-refractivity contribution >= 4 is 10.9 Å². The Morgan fingerprint density at radius 2 is 1.58 bits per heavy atom. The van der Waals surface area contributed by atoms with Gasteiger partial charge in [0.05, 0.1) is 5.52 Å². The zero-order chi connectivity index (χ0) is 17.9. The van der Waals surface area contributed by atoms with E-state index in [0.29, 0.717) is 27.6 Å². The molecule has 0 radical (unpaired) electrons. The lowest BCUT2D eigenvalue weighted by Gasteiger charge is -2.10. The fraction of sp³-hybridized carbons (Fsp3) is 0. The molecule has 0 saturated heterocycles. The van der Waals surface area contributed by atoms with Gasteiger partial charge in [-0.3, -0.25) is 4.98 Å². The highest BCUT2D eigenvalue weighted by molar-refractivity contribution is 5.93. The molecule has 0 unspecified atom stereocenters. The van der Waals surface area contributed by atoms with Crippen LogP contribution in [0.5, 0.6) is 5.75 Å². The van der Waals surface area contributed by atoms with E-state index in [4.69, 9.17) is 0 Å². The Hall–Kier alpha value is -3.64. The maximum absolute atomic E-state index is 13.9. The van der Waals surface area contributed by atoms with Gasteiger partial charge in [0, 0.05) is 33.8 Å². The van der Waals surface area contributed by atoms with Crippen LogP contribution < -0.4 is 0 Å². The van der Waals surface area contributed by atoms with Crippen LogP contribution in [-0.4, -0.2) is 10.1 Å². The number of benzene rings is 3. The molecule has 4 rings (SSSR count). The Labute approximate surface area is 150 Å². The molecule has 0 aliphatic carbocycles. The van der Waals surface area contributed by atoms with Crippen LogP contribution in [0.25, 0.3) is 22.0 Å². The van der Waals surface area contributed by atoms with Crippen LogP contribution in [-0.2, 0) is 0 Å². The average Bonchev–Trinajstić information content (AvgIpc) is 2.67. The summed E-state index contributed by atoms with van der Waals surface area (Å²) in [7, 11) is 0. The highest BCUT2D eigenvalue weighted by atomic mass is 19.1. The number of nitrogens with zero attached hydrogens (tertiary/aromatic N) is 1. The third-order valence-electron chi connectivity index (χ3n) is 4.13. The Bertz CT molecular complexity index is 1160. The first-order valence-electron chi connectivity index (χ1n) is 8.16. The monoisotopic (exact) mass is 339 g/mol. The van der Waals surface area contributed by atoms with E-state index in [1.54, 1.807) is 30.5 Å². The molecule has 0 spiro atoms. The van der Waals surface area contributed by atoms with Gasteiger partial charge in [-0.1, -0.05) is 48.2 Å². The molecule has 3 heteroatoms. The zero-order valence-corrected chi connectivity index (χ0v) is 13.8. The molecule has 0 aliphatic heterocycles. The minimum absolute atomic E-state index is 0.132. The predicted molar refractivity (Wildman–Crippen MR) is 101 cm³/mol. The van der Waals surface area contributed by atoms with Gasteiger partial charge in [0.15, 0.2) is 0 Å². The standard InChI is InChI=1S/C23H14FNO/c24-17-11-13-22-20(14-17)18(12-10-16-6-2-1-3-7-16)21(15-25-22)19-8-4-5-9-23(19)26/h1-9,11,13-15,26H. The number of phenols is 1. The summed E-state index contributed by atoms with van der Waals surface area (Å²) in [6.45, 7) is 0. The van der Waals surface area contributed by atoms with Gasteiger partial charge in [-0.2, -0.15) is 0 Å². The number of hydrogen-bond acceptors (Lipinski definition) is 2. The van der Waals surface area contributed by atoms with Crippen molar-refractivity contribution < 1.29 is 9.50 Å². The number of para-hydroxylation sites is 1. The van der Waals surface area contributed by atoms with Crippen LogP contribution in [0.15, 0.2) is 79.0 Å². The number of fused-ring (bicyclic) bond motifs is 1. The molecule has 124 valence electrons. The SMILES string of the molecule is Oc1ccccc1-c1cnc2ccc(F)cc2c1C#Cc1ccccc1. The smallest absolute Gasteiger partial charge is 0.124 e. The predicted octanol–water partition coefficient (Wildman–Crippen LogP) is 5.15. The maximum atomic E-state index is 13.9. The second kappa shape index (κ2) is 6.70. The van der Waals surface area contributed by atoms with Crippen LogP contribution in [0, 0.1) is 17.7 Å². The van der Waals surface area contributed by atoms with E-state index in [-0.39, 0.29) is 11.6 Å². The van der Waals surface area contributed by atoms with Gasteiger partial charge in [0.25, 0.3) is 0 Å². The molecule has 1 heterocycles. The summed E-state index contributed by atoms with van der Waals surface area (Å²) in [5, 5.41) is 10.9. The summed E-state index contributed by atoms with van der Waals surface area (Å²) in [6, 6.07) is 21.0. The van der Waals surface area contributed by atoms with Gasteiger partial charge in [0.1, 0.15) is 11.6 Å². The lowest BCUT2D eigenvalue weighted by Crippen LogP contribution is -1.92. The first kappa shape index (κ1) is 15.9. The Kier molecular flexibility index (Phi) is 4.09. The molecule has 0 bridgehead atoms. The summed E-state index contributed by atoms with van der Waals surface area (Å²) in [5.41, 5.74) is 3.44. The van der Waals surface area contributed by atoms with Crippen LogP contribution in [0.3, 0.4) is 0 Å². The van der Waals surface area contributed by atoms with E-state index < -0.39 is 0 Å². The molecular formula is C23H14FNO. The van der Waals surface area contributed by atoms with Gasteiger partial charge in [-0.25, -0.2) is 4.39 Å². The number of rotatable bonds is 1. The van der Waals surface area contributed by atoms with Gasteiger partial charge < -0.3 is 5.11 Å². The van der Waals surface area contributed by atoms with Crippen molar-refractivity contribution in [1.82, 2.24) is 4.98 Å². The van der Waals surface area contributed by atoms with Gasteiger partial charge in [0.2, 0.25) is 0 Å². The van der Waals surface area contributed by atoms with Crippen molar-refractivity contribution in [2.24, 2.45) is 0 Å². The fourth-order valence-corrected chi connectivity index (χ4v) is 2.86. The maximum Gasteiger partial charge on any atom is 0.124 e. The average molecular weight is 339 g/mol. The number of hydrogen-bond donors (Lipinski definition) is 1. The molecule has 0 amide bonds. The van der Waals surface area contributed by atoms with Crippen LogP contribution in [0.4, 0.5) is 4.39 Å². The molecule has 2 nitrogen and oxygen atoms in total. The lowest BCUT2D eigenvalue weighted by atomic mass is 9.97. The largest absolute Gasteiger partial charge is 0.507 e. The van der Waals surface area contributed by atoms with Crippen LogP contribution in [0.2, 0.25) is 0 Å². The van der Waals surface area contributed by atoms with Gasteiger partial charge in [-0.15, -0.1) is 0 Å². The molecule has 0 fully saturated rings. The summed E-state index contributed by atoms with van der Waals surface area (Å²) in [6.07, 6.45) is 1.67. The molecule has 0 aliphatic rings. The van der Waals surface area contributed by atoms with E-state index in [2.05, 4.69) is 16.8 Å². The van der Waals surface area contributed by atoms with Crippen molar-refractivity contribution in [2.45, 2.75) is 0 Å². The van der Waals surface area contributed by atoms with Crippen molar-refractivity contribution in [1.29, 1.82) is 0 Å². The minimum atomic E-state index is -0.350. The number of aromatic nitrogens is 1. The molecule has 0 atom stereocenters. The van der Waals surface area contributed by atoms with Crippen molar-refractivity contribution in [3.8, 4) is 28.7 Å². The normalized spacial score (nSPS) is 10.3. The van der Waals surface area contributed by atoms with Crippen molar-refractivity contribution in [3.05, 3.63) is 95.9 Å². The molecule has 26 heavy (non-hydrogen) atoms. The number of aromatic hydroxyl groups is 1. The van der Waals surface area contributed by atoms with E-state index in [1.165, 1.54) is 12.1 Å². The van der Waals surface area contributed by atoms with Gasteiger partial charge >= 0.3 is 0 Å². The Morgan fingerprint density at radius 1 is 0.808 bits per heavy atom.